The lowest BCUT2D eigenvalue weighted by molar-refractivity contribution is 0.184. The molecule has 1 aromatic rings. The molecule has 0 spiro atoms. The lowest BCUT2D eigenvalue weighted by Crippen LogP contribution is -2.35. The summed E-state index contributed by atoms with van der Waals surface area (Å²) in [4.78, 5) is 0. The first kappa shape index (κ1) is 16.0. The topological polar surface area (TPSA) is 30.5 Å². The van der Waals surface area contributed by atoms with Crippen LogP contribution >= 0.6 is 0 Å². The summed E-state index contributed by atoms with van der Waals surface area (Å²) in [5.41, 5.74) is 1.39. The summed E-state index contributed by atoms with van der Waals surface area (Å²) in [5.74, 6) is 0.950. The van der Waals surface area contributed by atoms with E-state index in [2.05, 4.69) is 38.2 Å². The van der Waals surface area contributed by atoms with Crippen LogP contribution in [0.15, 0.2) is 24.3 Å². The van der Waals surface area contributed by atoms with Gasteiger partial charge < -0.3 is 14.8 Å². The molecule has 108 valence electrons. The van der Waals surface area contributed by atoms with E-state index in [0.717, 1.165) is 38.3 Å². The molecule has 0 aliphatic heterocycles. The van der Waals surface area contributed by atoms with Crippen LogP contribution in [0.1, 0.15) is 39.2 Å². The molecule has 3 heteroatoms. The molecule has 1 aromatic carbocycles. The Balaban J connectivity index is 2.35. The highest BCUT2D eigenvalue weighted by atomic mass is 16.5. The van der Waals surface area contributed by atoms with E-state index in [1.807, 2.05) is 12.1 Å². The van der Waals surface area contributed by atoms with E-state index in [0.29, 0.717) is 0 Å². The summed E-state index contributed by atoms with van der Waals surface area (Å²) < 4.78 is 10.8. The molecule has 1 rings (SSSR count). The number of hydrogen-bond donors (Lipinski definition) is 1. The Morgan fingerprint density at radius 1 is 1.11 bits per heavy atom. The Labute approximate surface area is 117 Å². The van der Waals surface area contributed by atoms with E-state index in [-0.39, 0.29) is 5.54 Å². The largest absolute Gasteiger partial charge is 0.494 e. The molecule has 3 nitrogen and oxygen atoms in total. The second kappa shape index (κ2) is 8.18. The molecule has 0 unspecified atom stereocenters. The smallest absolute Gasteiger partial charge is 0.119 e. The minimum absolute atomic E-state index is 0.136. The van der Waals surface area contributed by atoms with Gasteiger partial charge in [0.1, 0.15) is 5.75 Å². The lowest BCUT2D eigenvalue weighted by Gasteiger charge is -2.20. The zero-order chi connectivity index (χ0) is 14.1. The summed E-state index contributed by atoms with van der Waals surface area (Å²) in [6.45, 7) is 8.93. The molecule has 0 saturated heterocycles. The Kier molecular flexibility index (Phi) is 6.89. The van der Waals surface area contributed by atoms with Crippen molar-refractivity contribution in [3.05, 3.63) is 29.8 Å². The maximum atomic E-state index is 5.74. The number of methoxy groups -OCH3 is 1. The molecule has 0 aromatic heterocycles. The number of rotatable bonds is 8. The van der Waals surface area contributed by atoms with E-state index >= 15 is 0 Å². The fourth-order valence-corrected chi connectivity index (χ4v) is 1.65. The highest BCUT2D eigenvalue weighted by Gasteiger charge is 2.08. The van der Waals surface area contributed by atoms with Crippen LogP contribution < -0.4 is 10.1 Å². The zero-order valence-corrected chi connectivity index (χ0v) is 12.7. The van der Waals surface area contributed by atoms with Crippen LogP contribution in [-0.2, 0) is 11.3 Å². The first-order chi connectivity index (χ1) is 9.01. The fourth-order valence-electron chi connectivity index (χ4n) is 1.65. The number of hydrogen-bond acceptors (Lipinski definition) is 3. The molecule has 19 heavy (non-hydrogen) atoms. The summed E-state index contributed by atoms with van der Waals surface area (Å²) in [6.07, 6.45) is 2.07. The van der Waals surface area contributed by atoms with Crippen LogP contribution in [0.4, 0.5) is 0 Å². The monoisotopic (exact) mass is 265 g/mol. The second-order valence-electron chi connectivity index (χ2n) is 5.80. The van der Waals surface area contributed by atoms with Gasteiger partial charge in [0.25, 0.3) is 0 Å². The van der Waals surface area contributed by atoms with E-state index in [4.69, 9.17) is 9.47 Å². The molecule has 0 heterocycles. The predicted molar refractivity (Wildman–Crippen MR) is 79.6 cm³/mol. The normalized spacial score (nSPS) is 11.6. The van der Waals surface area contributed by atoms with Crippen molar-refractivity contribution in [2.24, 2.45) is 0 Å². The quantitative estimate of drug-likeness (QED) is 0.731. The fraction of sp³-hybridized carbons (Fsp3) is 0.625. The van der Waals surface area contributed by atoms with Gasteiger partial charge in [0, 0.05) is 25.8 Å². The van der Waals surface area contributed by atoms with Gasteiger partial charge in [-0.1, -0.05) is 12.1 Å². The zero-order valence-electron chi connectivity index (χ0n) is 12.7. The van der Waals surface area contributed by atoms with Crippen molar-refractivity contribution >= 4 is 0 Å². The van der Waals surface area contributed by atoms with E-state index < -0.39 is 0 Å². The van der Waals surface area contributed by atoms with Crippen molar-refractivity contribution in [2.75, 3.05) is 20.3 Å². The molecule has 0 aliphatic rings. The van der Waals surface area contributed by atoms with Gasteiger partial charge in [-0.15, -0.1) is 0 Å². The minimum Gasteiger partial charge on any atom is -0.494 e. The molecule has 0 fully saturated rings. The van der Waals surface area contributed by atoms with E-state index in [1.165, 1.54) is 5.56 Å². The first-order valence-electron chi connectivity index (χ1n) is 6.97. The van der Waals surface area contributed by atoms with Gasteiger partial charge >= 0.3 is 0 Å². The second-order valence-corrected chi connectivity index (χ2v) is 5.80. The van der Waals surface area contributed by atoms with Crippen molar-refractivity contribution in [1.82, 2.24) is 5.32 Å². The minimum atomic E-state index is 0.136. The maximum absolute atomic E-state index is 5.74. The summed E-state index contributed by atoms with van der Waals surface area (Å²) in [6, 6.07) is 8.28. The van der Waals surface area contributed by atoms with Crippen molar-refractivity contribution in [1.29, 1.82) is 0 Å². The predicted octanol–water partition coefficient (Wildman–Crippen LogP) is 3.38. The van der Waals surface area contributed by atoms with Crippen molar-refractivity contribution in [3.8, 4) is 5.75 Å². The van der Waals surface area contributed by atoms with Gasteiger partial charge in [-0.05, 0) is 51.3 Å². The first-order valence-corrected chi connectivity index (χ1v) is 6.97. The van der Waals surface area contributed by atoms with Gasteiger partial charge in [0.15, 0.2) is 0 Å². The van der Waals surface area contributed by atoms with Crippen LogP contribution in [0, 0.1) is 0 Å². The molecule has 0 radical (unpaired) electrons. The van der Waals surface area contributed by atoms with E-state index in [1.54, 1.807) is 7.11 Å². The lowest BCUT2D eigenvalue weighted by atomic mass is 10.1. The average molecular weight is 265 g/mol. The van der Waals surface area contributed by atoms with Gasteiger partial charge in [0.05, 0.1) is 6.61 Å². The molecular weight excluding hydrogens is 238 g/mol. The third-order valence-corrected chi connectivity index (χ3v) is 2.73. The molecular formula is C16H27NO2. The van der Waals surface area contributed by atoms with Crippen LogP contribution in [0.2, 0.25) is 0 Å². The number of nitrogens with one attached hydrogen (secondary N) is 1. The van der Waals surface area contributed by atoms with Crippen LogP contribution in [-0.4, -0.2) is 25.9 Å². The molecule has 0 amide bonds. The Bertz CT molecular complexity index is 358. The Hall–Kier alpha value is -1.06. The number of unbranched alkanes of at least 4 members (excludes halogenated alkanes) is 1. The third-order valence-electron chi connectivity index (χ3n) is 2.73. The van der Waals surface area contributed by atoms with Crippen LogP contribution in [0.25, 0.3) is 0 Å². The van der Waals surface area contributed by atoms with Crippen LogP contribution in [0.3, 0.4) is 0 Å². The molecule has 0 bridgehead atoms. The van der Waals surface area contributed by atoms with Gasteiger partial charge in [-0.3, -0.25) is 0 Å². The maximum Gasteiger partial charge on any atom is 0.119 e. The molecule has 0 saturated carbocycles. The van der Waals surface area contributed by atoms with Gasteiger partial charge in [-0.2, -0.15) is 0 Å². The summed E-state index contributed by atoms with van der Waals surface area (Å²) >= 11 is 0. The third kappa shape index (κ3) is 7.85. The highest BCUT2D eigenvalue weighted by molar-refractivity contribution is 5.28. The molecule has 1 N–H and O–H groups in total. The van der Waals surface area contributed by atoms with Crippen molar-refractivity contribution in [2.45, 2.75) is 45.7 Å². The molecule has 0 aliphatic carbocycles. The Morgan fingerprint density at radius 2 is 1.84 bits per heavy atom. The number of benzene rings is 1. The average Bonchev–Trinajstić information content (AvgIpc) is 2.36. The van der Waals surface area contributed by atoms with E-state index in [9.17, 15) is 0 Å². The standard InChI is InChI=1S/C16H27NO2/c1-16(2,3)17-13-14-8-7-9-15(12-14)19-11-6-5-10-18-4/h7-9,12,17H,5-6,10-11,13H2,1-4H3. The number of ether oxygens (including phenoxy) is 2. The van der Waals surface area contributed by atoms with Gasteiger partial charge in [0.2, 0.25) is 0 Å². The Morgan fingerprint density at radius 3 is 2.53 bits per heavy atom. The summed E-state index contributed by atoms with van der Waals surface area (Å²) in [5, 5.41) is 3.48. The summed E-state index contributed by atoms with van der Waals surface area (Å²) in [7, 11) is 1.73. The highest BCUT2D eigenvalue weighted by Crippen LogP contribution is 2.14. The molecule has 0 atom stereocenters. The SMILES string of the molecule is COCCCCOc1cccc(CNC(C)(C)C)c1. The van der Waals surface area contributed by atoms with Crippen LogP contribution in [0.5, 0.6) is 5.75 Å². The van der Waals surface area contributed by atoms with Crippen molar-refractivity contribution < 1.29 is 9.47 Å². The van der Waals surface area contributed by atoms with Gasteiger partial charge in [-0.25, -0.2) is 0 Å². The van der Waals surface area contributed by atoms with Crippen molar-refractivity contribution in [3.63, 3.8) is 0 Å².